The van der Waals surface area contributed by atoms with E-state index in [0.29, 0.717) is 16.5 Å². The molecule has 7 heteroatoms. The van der Waals surface area contributed by atoms with Gasteiger partial charge in [-0.3, -0.25) is 9.36 Å². The maximum absolute atomic E-state index is 13.2. The van der Waals surface area contributed by atoms with Crippen LogP contribution in [0.3, 0.4) is 0 Å². The molecule has 2 N–H and O–H groups in total. The molecule has 1 aromatic heterocycles. The fraction of sp³-hybridized carbons (Fsp3) is 0.0588. The zero-order valence-corrected chi connectivity index (χ0v) is 13.5. The Bertz CT molecular complexity index is 878. The van der Waals surface area contributed by atoms with Crippen LogP contribution in [0.1, 0.15) is 10.5 Å². The first kappa shape index (κ1) is 16.1. The van der Waals surface area contributed by atoms with Crippen molar-refractivity contribution in [2.45, 2.75) is 5.16 Å². The van der Waals surface area contributed by atoms with Gasteiger partial charge in [0, 0.05) is 5.69 Å². The first-order chi connectivity index (χ1) is 11.6. The van der Waals surface area contributed by atoms with Gasteiger partial charge >= 0.3 is 0 Å². The number of halogens is 1. The summed E-state index contributed by atoms with van der Waals surface area (Å²) in [6.07, 6.45) is 3.29. The average Bonchev–Trinajstić information content (AvgIpc) is 3.02. The molecule has 24 heavy (non-hydrogen) atoms. The number of amides is 1. The molecule has 0 spiro atoms. The summed E-state index contributed by atoms with van der Waals surface area (Å²) in [5.41, 5.74) is 1.22. The van der Waals surface area contributed by atoms with E-state index in [1.165, 1.54) is 36.2 Å². The van der Waals surface area contributed by atoms with E-state index in [9.17, 15) is 14.3 Å². The van der Waals surface area contributed by atoms with Gasteiger partial charge in [-0.15, -0.1) is 0 Å². The zero-order chi connectivity index (χ0) is 17.1. The minimum absolute atomic E-state index is 0.0243. The smallest absolute Gasteiger partial charge is 0.274 e. The molecule has 0 bridgehead atoms. The molecule has 0 unspecified atom stereocenters. The molecule has 5 nitrogen and oxygen atoms in total. The van der Waals surface area contributed by atoms with Gasteiger partial charge in [0.2, 0.25) is 0 Å². The molecule has 0 aliphatic heterocycles. The van der Waals surface area contributed by atoms with Gasteiger partial charge in [-0.25, -0.2) is 9.37 Å². The van der Waals surface area contributed by atoms with Gasteiger partial charge < -0.3 is 10.4 Å². The number of hydrogen-bond acceptors (Lipinski definition) is 4. The van der Waals surface area contributed by atoms with Crippen LogP contribution in [-0.4, -0.2) is 26.8 Å². The number of phenols is 1. The van der Waals surface area contributed by atoms with Crippen LogP contribution in [0.25, 0.3) is 5.69 Å². The summed E-state index contributed by atoms with van der Waals surface area (Å²) in [6, 6.07) is 12.3. The summed E-state index contributed by atoms with van der Waals surface area (Å²) in [6.45, 7) is 0. The number of imidazole rings is 1. The number of nitrogens with one attached hydrogen (secondary N) is 1. The minimum Gasteiger partial charge on any atom is -0.506 e. The Morgan fingerprint density at radius 1 is 1.21 bits per heavy atom. The molecule has 122 valence electrons. The molecule has 0 radical (unpaired) electrons. The monoisotopic (exact) mass is 343 g/mol. The lowest BCUT2D eigenvalue weighted by molar-refractivity contribution is 0.101. The van der Waals surface area contributed by atoms with Crippen molar-refractivity contribution in [2.24, 2.45) is 0 Å². The Labute approximate surface area is 142 Å². The third kappa shape index (κ3) is 3.11. The van der Waals surface area contributed by atoms with Crippen molar-refractivity contribution in [3.63, 3.8) is 0 Å². The van der Waals surface area contributed by atoms with Crippen molar-refractivity contribution in [3.05, 3.63) is 66.2 Å². The Morgan fingerprint density at radius 3 is 2.58 bits per heavy atom. The maximum Gasteiger partial charge on any atom is 0.274 e. The van der Waals surface area contributed by atoms with E-state index in [0.717, 1.165) is 0 Å². The number of carbonyl (C=O) groups excluding carboxylic acids is 1. The standard InChI is InChI=1S/C17H14FN3O2S/c1-24-17-19-10-14(21(17)12-8-6-11(18)7-9-12)16(23)20-13-4-2-3-5-15(13)22/h2-10,22H,1H3,(H,20,23). The topological polar surface area (TPSA) is 67.2 Å². The average molecular weight is 343 g/mol. The van der Waals surface area contributed by atoms with Crippen molar-refractivity contribution >= 4 is 23.4 Å². The molecule has 0 saturated carbocycles. The molecule has 0 saturated heterocycles. The molecule has 0 aliphatic carbocycles. The van der Waals surface area contributed by atoms with Gasteiger partial charge in [0.05, 0.1) is 11.9 Å². The van der Waals surface area contributed by atoms with Crippen molar-refractivity contribution in [1.82, 2.24) is 9.55 Å². The molecule has 1 heterocycles. The Hall–Kier alpha value is -2.80. The lowest BCUT2D eigenvalue weighted by Gasteiger charge is -2.12. The number of phenolic OH excluding ortho intramolecular Hbond substituents is 1. The van der Waals surface area contributed by atoms with E-state index >= 15 is 0 Å². The molecule has 0 atom stereocenters. The Kier molecular flexibility index (Phi) is 4.52. The van der Waals surface area contributed by atoms with Crippen LogP contribution in [-0.2, 0) is 0 Å². The molecule has 0 aliphatic rings. The summed E-state index contributed by atoms with van der Waals surface area (Å²) >= 11 is 1.37. The number of para-hydroxylation sites is 2. The van der Waals surface area contributed by atoms with E-state index in [-0.39, 0.29) is 17.3 Å². The number of aromatic nitrogens is 2. The highest BCUT2D eigenvalue weighted by atomic mass is 32.2. The predicted octanol–water partition coefficient (Wildman–Crippen LogP) is 3.69. The van der Waals surface area contributed by atoms with Crippen LogP contribution in [0.15, 0.2) is 59.9 Å². The van der Waals surface area contributed by atoms with Crippen LogP contribution in [0.5, 0.6) is 5.75 Å². The first-order valence-electron chi connectivity index (χ1n) is 7.07. The summed E-state index contributed by atoms with van der Waals surface area (Å²) in [4.78, 5) is 16.8. The molecule has 0 fully saturated rings. The minimum atomic E-state index is -0.423. The number of hydrogen-bond donors (Lipinski definition) is 2. The van der Waals surface area contributed by atoms with Crippen molar-refractivity contribution in [3.8, 4) is 11.4 Å². The van der Waals surface area contributed by atoms with Crippen LogP contribution >= 0.6 is 11.8 Å². The van der Waals surface area contributed by atoms with Crippen molar-refractivity contribution in [2.75, 3.05) is 11.6 Å². The maximum atomic E-state index is 13.2. The van der Waals surface area contributed by atoms with Crippen LogP contribution < -0.4 is 5.32 Å². The van der Waals surface area contributed by atoms with Crippen molar-refractivity contribution < 1.29 is 14.3 Å². The molecule has 2 aromatic carbocycles. The molecule has 3 aromatic rings. The summed E-state index contributed by atoms with van der Waals surface area (Å²) in [5.74, 6) is -0.804. The second-order valence-corrected chi connectivity index (χ2v) is 5.69. The fourth-order valence-corrected chi connectivity index (χ4v) is 2.79. The quantitative estimate of drug-likeness (QED) is 0.560. The molecular formula is C17H14FN3O2S. The van der Waals surface area contributed by atoms with Gasteiger partial charge in [0.15, 0.2) is 5.16 Å². The highest BCUT2D eigenvalue weighted by Crippen LogP contribution is 2.25. The molecular weight excluding hydrogens is 329 g/mol. The van der Waals surface area contributed by atoms with Gasteiger partial charge in [0.1, 0.15) is 17.3 Å². The van der Waals surface area contributed by atoms with E-state index in [1.807, 2.05) is 6.26 Å². The van der Waals surface area contributed by atoms with E-state index < -0.39 is 5.91 Å². The number of carbonyl (C=O) groups is 1. The Morgan fingerprint density at radius 2 is 1.92 bits per heavy atom. The SMILES string of the molecule is CSc1ncc(C(=O)Nc2ccccc2O)n1-c1ccc(F)cc1. The molecule has 1 amide bonds. The highest BCUT2D eigenvalue weighted by Gasteiger charge is 2.18. The number of nitrogens with zero attached hydrogens (tertiary/aromatic N) is 2. The predicted molar refractivity (Wildman–Crippen MR) is 91.4 cm³/mol. The van der Waals surface area contributed by atoms with E-state index in [4.69, 9.17) is 0 Å². The van der Waals surface area contributed by atoms with Crippen LogP contribution in [0, 0.1) is 5.82 Å². The third-order valence-electron chi connectivity index (χ3n) is 3.38. The first-order valence-corrected chi connectivity index (χ1v) is 8.29. The zero-order valence-electron chi connectivity index (χ0n) is 12.7. The summed E-state index contributed by atoms with van der Waals surface area (Å²) in [5, 5.41) is 13.0. The second kappa shape index (κ2) is 6.76. The lowest BCUT2D eigenvalue weighted by atomic mass is 10.2. The van der Waals surface area contributed by atoms with Crippen LogP contribution in [0.4, 0.5) is 10.1 Å². The number of rotatable bonds is 4. The summed E-state index contributed by atoms with van der Waals surface area (Å²) < 4.78 is 14.8. The summed E-state index contributed by atoms with van der Waals surface area (Å²) in [7, 11) is 0. The largest absolute Gasteiger partial charge is 0.506 e. The second-order valence-electron chi connectivity index (χ2n) is 4.91. The highest BCUT2D eigenvalue weighted by molar-refractivity contribution is 7.98. The number of anilines is 1. The van der Waals surface area contributed by atoms with Gasteiger partial charge in [0.25, 0.3) is 5.91 Å². The van der Waals surface area contributed by atoms with Gasteiger partial charge in [-0.05, 0) is 42.7 Å². The lowest BCUT2D eigenvalue weighted by Crippen LogP contribution is -2.16. The fourth-order valence-electron chi connectivity index (χ4n) is 2.24. The molecule has 3 rings (SSSR count). The normalized spacial score (nSPS) is 10.6. The number of aromatic hydroxyl groups is 1. The Balaban J connectivity index is 1.99. The third-order valence-corrected chi connectivity index (χ3v) is 4.03. The van der Waals surface area contributed by atoms with E-state index in [1.54, 1.807) is 34.9 Å². The number of thioether (sulfide) groups is 1. The van der Waals surface area contributed by atoms with Gasteiger partial charge in [-0.1, -0.05) is 23.9 Å². The number of benzene rings is 2. The van der Waals surface area contributed by atoms with Crippen LogP contribution in [0.2, 0.25) is 0 Å². The van der Waals surface area contributed by atoms with Gasteiger partial charge in [-0.2, -0.15) is 0 Å². The van der Waals surface area contributed by atoms with E-state index in [2.05, 4.69) is 10.3 Å². The van der Waals surface area contributed by atoms with Crippen molar-refractivity contribution in [1.29, 1.82) is 0 Å².